The summed E-state index contributed by atoms with van der Waals surface area (Å²) < 4.78 is 6.17. The van der Waals surface area contributed by atoms with Crippen LogP contribution in [0, 0.1) is 11.3 Å². The number of likely N-dealkylation sites (tertiary alicyclic amines) is 1. The van der Waals surface area contributed by atoms with Gasteiger partial charge in [0.05, 0.1) is 23.6 Å². The molecule has 32 heavy (non-hydrogen) atoms. The van der Waals surface area contributed by atoms with Crippen molar-refractivity contribution in [3.8, 4) is 0 Å². The molecule has 7 nitrogen and oxygen atoms in total. The summed E-state index contributed by atoms with van der Waals surface area (Å²) in [5.41, 5.74) is 6.24. The topological polar surface area (TPSA) is 102 Å². The van der Waals surface area contributed by atoms with Gasteiger partial charge in [-0.05, 0) is 37.2 Å². The Morgan fingerprint density at radius 3 is 2.53 bits per heavy atom. The van der Waals surface area contributed by atoms with Crippen molar-refractivity contribution in [3.63, 3.8) is 0 Å². The van der Waals surface area contributed by atoms with E-state index in [0.29, 0.717) is 55.6 Å². The summed E-state index contributed by atoms with van der Waals surface area (Å²) >= 11 is 1.42. The Labute approximate surface area is 193 Å². The Bertz CT molecular complexity index is 977. The van der Waals surface area contributed by atoms with Crippen LogP contribution in [0.25, 0.3) is 10.1 Å². The summed E-state index contributed by atoms with van der Waals surface area (Å²) in [5, 5.41) is 4.35. The van der Waals surface area contributed by atoms with Crippen LogP contribution in [0.3, 0.4) is 0 Å². The zero-order valence-electron chi connectivity index (χ0n) is 19.1. The Hall–Kier alpha value is -2.61. The number of carbonyl (C=O) groups is 3. The van der Waals surface area contributed by atoms with Gasteiger partial charge in [-0.25, -0.2) is 0 Å². The number of fused-ring (bicyclic) bond motifs is 1. The molecule has 3 rings (SSSR count). The highest BCUT2D eigenvalue weighted by atomic mass is 32.1. The average Bonchev–Trinajstić information content (AvgIpc) is 3.08. The third-order valence-electron chi connectivity index (χ3n) is 6.02. The fraction of sp³-hybridized carbons (Fsp3) is 0.542. The number of benzene rings is 1. The number of nitrogens with zero attached hydrogens (tertiary/aromatic N) is 1. The number of anilines is 1. The van der Waals surface area contributed by atoms with E-state index in [1.54, 1.807) is 11.8 Å². The average molecular weight is 460 g/mol. The lowest BCUT2D eigenvalue weighted by Gasteiger charge is -2.41. The van der Waals surface area contributed by atoms with Gasteiger partial charge in [-0.2, -0.15) is 0 Å². The number of piperidine rings is 1. The molecular weight excluding hydrogens is 426 g/mol. The van der Waals surface area contributed by atoms with Crippen molar-refractivity contribution in [2.24, 2.45) is 11.3 Å². The van der Waals surface area contributed by atoms with Gasteiger partial charge in [-0.3, -0.25) is 14.4 Å². The molecule has 2 amide bonds. The Kier molecular flexibility index (Phi) is 7.77. The maximum Gasteiger partial charge on any atom is 0.306 e. The number of hydrogen-bond acceptors (Lipinski definition) is 6. The third-order valence-corrected chi connectivity index (χ3v) is 7.02. The minimum atomic E-state index is -0.508. The van der Waals surface area contributed by atoms with Gasteiger partial charge in [0.1, 0.15) is 0 Å². The lowest BCUT2D eigenvalue weighted by Crippen LogP contribution is -2.46. The number of carbonyl (C=O) groups excluding carboxylic acids is 3. The van der Waals surface area contributed by atoms with Crippen molar-refractivity contribution in [3.05, 3.63) is 29.8 Å². The number of hydrogen-bond donors (Lipinski definition) is 2. The van der Waals surface area contributed by atoms with Crippen molar-refractivity contribution in [1.82, 2.24) is 10.2 Å². The highest BCUT2D eigenvalue weighted by Crippen LogP contribution is 2.41. The first-order valence-corrected chi connectivity index (χ1v) is 12.0. The summed E-state index contributed by atoms with van der Waals surface area (Å²) in [6.07, 6.45) is 1.56. The van der Waals surface area contributed by atoms with Gasteiger partial charge in [-0.1, -0.05) is 32.0 Å². The van der Waals surface area contributed by atoms with Crippen LogP contribution >= 0.6 is 11.3 Å². The smallest absolute Gasteiger partial charge is 0.306 e. The zero-order chi connectivity index (χ0) is 23.3. The van der Waals surface area contributed by atoms with Crippen molar-refractivity contribution in [1.29, 1.82) is 0 Å². The molecule has 2 aromatic rings. The minimum absolute atomic E-state index is 0.0594. The van der Waals surface area contributed by atoms with Crippen LogP contribution in [-0.2, 0) is 14.3 Å². The Morgan fingerprint density at radius 1 is 1.19 bits per heavy atom. The number of nitrogens with two attached hydrogens (primary N) is 1. The van der Waals surface area contributed by atoms with Crippen molar-refractivity contribution in [2.75, 3.05) is 32.0 Å². The van der Waals surface area contributed by atoms with E-state index in [-0.39, 0.29) is 30.6 Å². The first kappa shape index (κ1) is 24.0. The molecular formula is C24H33N3O4S. The predicted octanol–water partition coefficient (Wildman–Crippen LogP) is 3.82. The molecule has 1 aliphatic heterocycles. The van der Waals surface area contributed by atoms with Gasteiger partial charge < -0.3 is 20.7 Å². The number of rotatable bonds is 8. The maximum atomic E-state index is 13.3. The number of esters is 1. The lowest BCUT2D eigenvalue weighted by atomic mass is 9.72. The molecule has 1 fully saturated rings. The van der Waals surface area contributed by atoms with E-state index in [2.05, 4.69) is 5.32 Å². The largest absolute Gasteiger partial charge is 0.466 e. The SMILES string of the molecule is CCOC(=O)CC1(CC(=O)NCC(C)C)CCN(C(=O)c2c(N)sc3ccccc23)CC1. The van der Waals surface area contributed by atoms with E-state index < -0.39 is 5.41 Å². The third kappa shape index (κ3) is 5.59. The molecule has 1 aromatic heterocycles. The second-order valence-electron chi connectivity index (χ2n) is 8.99. The van der Waals surface area contributed by atoms with Crippen LogP contribution in [0.4, 0.5) is 5.00 Å². The summed E-state index contributed by atoms with van der Waals surface area (Å²) in [7, 11) is 0. The molecule has 3 N–H and O–H groups in total. The van der Waals surface area contributed by atoms with Gasteiger partial charge >= 0.3 is 5.97 Å². The first-order chi connectivity index (χ1) is 15.2. The van der Waals surface area contributed by atoms with Gasteiger partial charge in [0.25, 0.3) is 5.91 Å². The van der Waals surface area contributed by atoms with Crippen LogP contribution < -0.4 is 11.1 Å². The van der Waals surface area contributed by atoms with E-state index in [4.69, 9.17) is 10.5 Å². The molecule has 1 aromatic carbocycles. The van der Waals surface area contributed by atoms with Gasteiger partial charge in [0, 0.05) is 36.1 Å². The van der Waals surface area contributed by atoms with Crippen molar-refractivity contribution < 1.29 is 19.1 Å². The second kappa shape index (κ2) is 10.3. The molecule has 174 valence electrons. The fourth-order valence-corrected chi connectivity index (χ4v) is 5.25. The normalized spacial score (nSPS) is 15.7. The second-order valence-corrected chi connectivity index (χ2v) is 10.1. The predicted molar refractivity (Wildman–Crippen MR) is 128 cm³/mol. The van der Waals surface area contributed by atoms with E-state index in [1.165, 1.54) is 11.3 Å². The molecule has 8 heteroatoms. The molecule has 2 heterocycles. The molecule has 1 saturated heterocycles. The van der Waals surface area contributed by atoms with E-state index in [0.717, 1.165) is 10.1 Å². The number of ether oxygens (including phenoxy) is 1. The van der Waals surface area contributed by atoms with Crippen molar-refractivity contribution in [2.45, 2.75) is 46.5 Å². The maximum absolute atomic E-state index is 13.3. The van der Waals surface area contributed by atoms with Crippen LogP contribution in [0.2, 0.25) is 0 Å². The van der Waals surface area contributed by atoms with E-state index >= 15 is 0 Å². The standard InChI is InChI=1S/C24H33N3O4S/c1-4-31-20(29)14-24(13-19(28)26-15-16(2)3)9-11-27(12-10-24)23(30)21-17-7-5-6-8-18(17)32-22(21)25/h5-8,16H,4,9-15,25H2,1-3H3,(H,26,28). The molecule has 1 aliphatic rings. The zero-order valence-corrected chi connectivity index (χ0v) is 19.9. The van der Waals surface area contributed by atoms with Gasteiger partial charge in [0.2, 0.25) is 5.91 Å². The van der Waals surface area contributed by atoms with Gasteiger partial charge in [-0.15, -0.1) is 11.3 Å². The molecule has 0 atom stereocenters. The van der Waals surface area contributed by atoms with Crippen LogP contribution in [0.5, 0.6) is 0 Å². The monoisotopic (exact) mass is 459 g/mol. The minimum Gasteiger partial charge on any atom is -0.466 e. The van der Waals surface area contributed by atoms with Crippen LogP contribution in [-0.4, -0.2) is 48.9 Å². The van der Waals surface area contributed by atoms with E-state index in [9.17, 15) is 14.4 Å². The molecule has 0 saturated carbocycles. The quantitative estimate of drug-likeness (QED) is 0.584. The summed E-state index contributed by atoms with van der Waals surface area (Å²) in [5.74, 6) is -0.0906. The number of nitrogens with one attached hydrogen (secondary N) is 1. The highest BCUT2D eigenvalue weighted by Gasteiger charge is 2.40. The Balaban J connectivity index is 1.73. The molecule has 0 spiro atoms. The Morgan fingerprint density at radius 2 is 1.88 bits per heavy atom. The lowest BCUT2D eigenvalue weighted by molar-refractivity contribution is -0.147. The number of amides is 2. The summed E-state index contributed by atoms with van der Waals surface area (Å²) in [6, 6.07) is 7.72. The van der Waals surface area contributed by atoms with Crippen molar-refractivity contribution >= 4 is 44.2 Å². The highest BCUT2D eigenvalue weighted by molar-refractivity contribution is 7.23. The summed E-state index contributed by atoms with van der Waals surface area (Å²) in [4.78, 5) is 40.0. The first-order valence-electron chi connectivity index (χ1n) is 11.2. The summed E-state index contributed by atoms with van der Waals surface area (Å²) in [6.45, 7) is 7.71. The fourth-order valence-electron chi connectivity index (χ4n) is 4.28. The molecule has 0 bridgehead atoms. The number of thiophene rings is 1. The number of nitrogen functional groups attached to an aromatic ring is 1. The molecule has 0 radical (unpaired) electrons. The van der Waals surface area contributed by atoms with E-state index in [1.807, 2.05) is 38.1 Å². The molecule has 0 unspecified atom stereocenters. The van der Waals surface area contributed by atoms with Crippen LogP contribution in [0.15, 0.2) is 24.3 Å². The molecule has 0 aliphatic carbocycles. The van der Waals surface area contributed by atoms with Gasteiger partial charge in [0.15, 0.2) is 0 Å². The van der Waals surface area contributed by atoms with Crippen LogP contribution in [0.1, 0.15) is 56.8 Å².